The average molecular weight is 258 g/mol. The first-order valence-electron chi connectivity index (χ1n) is 5.69. The van der Waals surface area contributed by atoms with Gasteiger partial charge in [-0.05, 0) is 13.8 Å². The Morgan fingerprint density at radius 1 is 1.35 bits per heavy atom. The largest absolute Gasteiger partial charge is 0.461 e. The fourth-order valence-corrected chi connectivity index (χ4v) is 1.77. The minimum absolute atomic E-state index is 0.0333. The molecular weight excluding hydrogens is 242 g/mol. The van der Waals surface area contributed by atoms with Crippen molar-refractivity contribution < 1.29 is 9.47 Å². The number of aromatic nitrogens is 2. The Morgan fingerprint density at radius 2 is 2.06 bits per heavy atom. The molecule has 1 aromatic heterocycles. The first kappa shape index (κ1) is 12.4. The average Bonchev–Trinajstić information content (AvgIpc) is 2.28. The highest BCUT2D eigenvalue weighted by atomic mass is 35.5. The molecule has 5 nitrogen and oxygen atoms in total. The van der Waals surface area contributed by atoms with Crippen LogP contribution >= 0.6 is 11.6 Å². The Bertz CT molecular complexity index is 381. The molecule has 6 heteroatoms. The predicted molar refractivity (Wildman–Crippen MR) is 65.8 cm³/mol. The Morgan fingerprint density at radius 3 is 2.71 bits per heavy atom. The summed E-state index contributed by atoms with van der Waals surface area (Å²) >= 11 is 5.96. The first-order valence-corrected chi connectivity index (χ1v) is 6.07. The predicted octanol–water partition coefficient (Wildman–Crippen LogP) is 1.75. The van der Waals surface area contributed by atoms with Crippen molar-refractivity contribution in [2.75, 3.05) is 31.2 Å². The summed E-state index contributed by atoms with van der Waals surface area (Å²) in [6.07, 6.45) is 0.0333. The van der Waals surface area contributed by atoms with Crippen LogP contribution in [-0.4, -0.2) is 42.4 Å². The maximum absolute atomic E-state index is 5.96. The van der Waals surface area contributed by atoms with Gasteiger partial charge in [0.25, 0.3) is 0 Å². The van der Waals surface area contributed by atoms with Gasteiger partial charge >= 0.3 is 6.01 Å². The fourth-order valence-electron chi connectivity index (χ4n) is 1.60. The van der Waals surface area contributed by atoms with Gasteiger partial charge in [-0.1, -0.05) is 11.6 Å². The van der Waals surface area contributed by atoms with Crippen molar-refractivity contribution in [1.82, 2.24) is 9.97 Å². The number of hydrogen-bond donors (Lipinski definition) is 0. The molecule has 1 aromatic rings. The van der Waals surface area contributed by atoms with Gasteiger partial charge in [-0.25, -0.2) is 0 Å². The van der Waals surface area contributed by atoms with E-state index in [9.17, 15) is 0 Å². The molecule has 0 spiro atoms. The lowest BCUT2D eigenvalue weighted by molar-refractivity contribution is 0.122. The molecule has 0 unspecified atom stereocenters. The summed E-state index contributed by atoms with van der Waals surface area (Å²) in [6.45, 7) is 6.91. The third-order valence-corrected chi connectivity index (χ3v) is 2.53. The van der Waals surface area contributed by atoms with Crippen LogP contribution in [0.3, 0.4) is 0 Å². The van der Waals surface area contributed by atoms with Crippen molar-refractivity contribution in [3.05, 3.63) is 11.2 Å². The molecule has 0 aromatic carbocycles. The van der Waals surface area contributed by atoms with E-state index in [0.29, 0.717) is 24.4 Å². The number of hydrogen-bond acceptors (Lipinski definition) is 5. The van der Waals surface area contributed by atoms with Gasteiger partial charge in [0.2, 0.25) is 0 Å². The van der Waals surface area contributed by atoms with Crippen molar-refractivity contribution in [2.24, 2.45) is 0 Å². The molecular formula is C11H16ClN3O2. The van der Waals surface area contributed by atoms with Gasteiger partial charge in [0, 0.05) is 19.2 Å². The molecule has 1 aliphatic heterocycles. The zero-order chi connectivity index (χ0) is 12.3. The molecule has 2 heterocycles. The maximum atomic E-state index is 5.96. The van der Waals surface area contributed by atoms with Crippen LogP contribution in [0.5, 0.6) is 6.01 Å². The van der Waals surface area contributed by atoms with Crippen LogP contribution in [0.4, 0.5) is 5.82 Å². The monoisotopic (exact) mass is 257 g/mol. The number of halogens is 1. The van der Waals surface area contributed by atoms with E-state index in [-0.39, 0.29) is 6.10 Å². The SMILES string of the molecule is CC(C)Oc1nc(Cl)cc(N2CCOCC2)n1. The van der Waals surface area contributed by atoms with Crippen molar-refractivity contribution >= 4 is 17.4 Å². The van der Waals surface area contributed by atoms with Crippen LogP contribution in [0.2, 0.25) is 5.15 Å². The summed E-state index contributed by atoms with van der Waals surface area (Å²) in [5, 5.41) is 0.400. The number of nitrogens with zero attached hydrogens (tertiary/aromatic N) is 3. The molecule has 0 amide bonds. The molecule has 17 heavy (non-hydrogen) atoms. The Hall–Kier alpha value is -1.07. The highest BCUT2D eigenvalue weighted by molar-refractivity contribution is 6.29. The van der Waals surface area contributed by atoms with Crippen LogP contribution in [0.15, 0.2) is 6.07 Å². The topological polar surface area (TPSA) is 47.5 Å². The number of anilines is 1. The second-order valence-electron chi connectivity index (χ2n) is 4.10. The van der Waals surface area contributed by atoms with Crippen LogP contribution in [-0.2, 0) is 4.74 Å². The third-order valence-electron chi connectivity index (χ3n) is 2.34. The summed E-state index contributed by atoms with van der Waals surface area (Å²) in [7, 11) is 0. The minimum atomic E-state index is 0.0333. The van der Waals surface area contributed by atoms with E-state index in [2.05, 4.69) is 14.9 Å². The standard InChI is InChI=1S/C11H16ClN3O2/c1-8(2)17-11-13-9(12)7-10(14-11)15-3-5-16-6-4-15/h7-8H,3-6H2,1-2H3. The Kier molecular flexibility index (Phi) is 4.02. The summed E-state index contributed by atoms with van der Waals surface area (Å²) in [6, 6.07) is 2.08. The van der Waals surface area contributed by atoms with E-state index in [0.717, 1.165) is 18.9 Å². The lowest BCUT2D eigenvalue weighted by Crippen LogP contribution is -2.36. The normalized spacial score (nSPS) is 16.4. The van der Waals surface area contributed by atoms with Crippen LogP contribution < -0.4 is 9.64 Å². The Balaban J connectivity index is 2.18. The summed E-state index contributed by atoms with van der Waals surface area (Å²) in [4.78, 5) is 10.5. The quantitative estimate of drug-likeness (QED) is 0.772. The summed E-state index contributed by atoms with van der Waals surface area (Å²) in [5.74, 6) is 0.795. The zero-order valence-electron chi connectivity index (χ0n) is 10.0. The van der Waals surface area contributed by atoms with Crippen molar-refractivity contribution in [2.45, 2.75) is 20.0 Å². The smallest absolute Gasteiger partial charge is 0.320 e. The lowest BCUT2D eigenvalue weighted by atomic mass is 10.4. The van der Waals surface area contributed by atoms with Gasteiger partial charge in [0.15, 0.2) is 0 Å². The van der Waals surface area contributed by atoms with E-state index in [1.54, 1.807) is 6.07 Å². The highest BCUT2D eigenvalue weighted by Crippen LogP contribution is 2.20. The number of rotatable bonds is 3. The van der Waals surface area contributed by atoms with E-state index in [1.807, 2.05) is 13.8 Å². The second kappa shape index (κ2) is 5.51. The van der Waals surface area contributed by atoms with Gasteiger partial charge in [-0.3, -0.25) is 0 Å². The van der Waals surface area contributed by atoms with E-state index >= 15 is 0 Å². The molecule has 2 rings (SSSR count). The first-order chi connectivity index (χ1) is 8.15. The second-order valence-corrected chi connectivity index (χ2v) is 4.48. The van der Waals surface area contributed by atoms with Gasteiger partial charge in [0.1, 0.15) is 11.0 Å². The van der Waals surface area contributed by atoms with Gasteiger partial charge in [-0.15, -0.1) is 0 Å². The lowest BCUT2D eigenvalue weighted by Gasteiger charge is -2.27. The van der Waals surface area contributed by atoms with Crippen LogP contribution in [0.1, 0.15) is 13.8 Å². The molecule has 0 aliphatic carbocycles. The molecule has 0 N–H and O–H groups in total. The third kappa shape index (κ3) is 3.44. The molecule has 0 radical (unpaired) electrons. The molecule has 94 valence electrons. The summed E-state index contributed by atoms with van der Waals surface area (Å²) in [5.41, 5.74) is 0. The van der Waals surface area contributed by atoms with Gasteiger partial charge in [0.05, 0.1) is 19.3 Å². The highest BCUT2D eigenvalue weighted by Gasteiger charge is 2.15. The number of morpholine rings is 1. The fraction of sp³-hybridized carbons (Fsp3) is 0.636. The minimum Gasteiger partial charge on any atom is -0.461 e. The maximum Gasteiger partial charge on any atom is 0.320 e. The van der Waals surface area contributed by atoms with Crippen LogP contribution in [0, 0.1) is 0 Å². The van der Waals surface area contributed by atoms with Crippen molar-refractivity contribution in [1.29, 1.82) is 0 Å². The van der Waals surface area contributed by atoms with Crippen molar-refractivity contribution in [3.63, 3.8) is 0 Å². The molecule has 0 saturated carbocycles. The van der Waals surface area contributed by atoms with E-state index < -0.39 is 0 Å². The molecule has 0 bridgehead atoms. The van der Waals surface area contributed by atoms with Crippen LogP contribution in [0.25, 0.3) is 0 Å². The van der Waals surface area contributed by atoms with Gasteiger partial charge in [-0.2, -0.15) is 9.97 Å². The molecule has 0 atom stereocenters. The summed E-state index contributed by atoms with van der Waals surface area (Å²) < 4.78 is 10.8. The molecule has 1 fully saturated rings. The number of ether oxygens (including phenoxy) is 2. The molecule has 1 aliphatic rings. The Labute approximate surface area is 106 Å². The van der Waals surface area contributed by atoms with E-state index in [4.69, 9.17) is 21.1 Å². The zero-order valence-corrected chi connectivity index (χ0v) is 10.8. The van der Waals surface area contributed by atoms with E-state index in [1.165, 1.54) is 0 Å². The van der Waals surface area contributed by atoms with Crippen molar-refractivity contribution in [3.8, 4) is 6.01 Å². The molecule has 1 saturated heterocycles. The van der Waals surface area contributed by atoms with Gasteiger partial charge < -0.3 is 14.4 Å².